The molecule has 1 unspecified atom stereocenters. The van der Waals surface area contributed by atoms with Crippen LogP contribution in [-0.4, -0.2) is 46.2 Å². The molecule has 0 saturated carbocycles. The minimum atomic E-state index is -3.00. The molecular weight excluding hydrogens is 290 g/mol. The molecule has 0 radical (unpaired) electrons. The van der Waals surface area contributed by atoms with E-state index >= 15 is 0 Å². The van der Waals surface area contributed by atoms with Crippen LogP contribution >= 0.6 is 0 Å². The van der Waals surface area contributed by atoms with Gasteiger partial charge in [0, 0.05) is 17.5 Å². The van der Waals surface area contributed by atoms with Crippen molar-refractivity contribution in [3.63, 3.8) is 0 Å². The standard InChI is InChI=1S/C13H19N5O2S/c1-4-21(19,20)9-10(2)14-12-6-5-7-13(8-12)18-11(3)15-16-17-18/h5-8,10,14H,4,9H2,1-3H3. The van der Waals surface area contributed by atoms with Gasteiger partial charge in [-0.1, -0.05) is 13.0 Å². The van der Waals surface area contributed by atoms with Crippen LogP contribution in [0.5, 0.6) is 0 Å². The molecule has 0 amide bonds. The highest BCUT2D eigenvalue weighted by molar-refractivity contribution is 7.91. The minimum absolute atomic E-state index is 0.109. The summed E-state index contributed by atoms with van der Waals surface area (Å²) in [6.45, 7) is 5.32. The number of hydrogen-bond acceptors (Lipinski definition) is 6. The maximum Gasteiger partial charge on any atom is 0.153 e. The monoisotopic (exact) mass is 309 g/mol. The van der Waals surface area contributed by atoms with Crippen molar-refractivity contribution in [2.45, 2.75) is 26.8 Å². The van der Waals surface area contributed by atoms with E-state index in [0.717, 1.165) is 11.4 Å². The Morgan fingerprint density at radius 3 is 2.76 bits per heavy atom. The van der Waals surface area contributed by atoms with E-state index in [0.29, 0.717) is 5.82 Å². The van der Waals surface area contributed by atoms with Crippen LogP contribution in [0.2, 0.25) is 0 Å². The summed E-state index contributed by atoms with van der Waals surface area (Å²) in [5, 5.41) is 14.6. The normalized spacial score (nSPS) is 13.1. The Labute approximate surface area is 124 Å². The van der Waals surface area contributed by atoms with Crippen LogP contribution in [0, 0.1) is 6.92 Å². The summed E-state index contributed by atoms with van der Waals surface area (Å²) in [6.07, 6.45) is 0. The fourth-order valence-corrected chi connectivity index (χ4v) is 3.10. The number of nitrogens with zero attached hydrogens (tertiary/aromatic N) is 4. The zero-order valence-electron chi connectivity index (χ0n) is 12.3. The summed E-state index contributed by atoms with van der Waals surface area (Å²) in [7, 11) is -3.00. The topological polar surface area (TPSA) is 89.8 Å². The third-order valence-electron chi connectivity index (χ3n) is 3.07. The van der Waals surface area contributed by atoms with Crippen molar-refractivity contribution >= 4 is 15.5 Å². The maximum atomic E-state index is 11.6. The zero-order valence-corrected chi connectivity index (χ0v) is 13.1. The second-order valence-electron chi connectivity index (χ2n) is 4.93. The molecule has 1 atom stereocenters. The van der Waals surface area contributed by atoms with Gasteiger partial charge in [0.15, 0.2) is 15.7 Å². The summed E-state index contributed by atoms with van der Waals surface area (Å²) in [5.41, 5.74) is 1.66. The maximum absolute atomic E-state index is 11.6. The van der Waals surface area contributed by atoms with Crippen molar-refractivity contribution in [1.82, 2.24) is 20.2 Å². The van der Waals surface area contributed by atoms with Crippen LogP contribution < -0.4 is 5.32 Å². The van der Waals surface area contributed by atoms with Gasteiger partial charge in [0.1, 0.15) is 0 Å². The van der Waals surface area contributed by atoms with E-state index in [1.807, 2.05) is 38.1 Å². The average Bonchev–Trinajstić information content (AvgIpc) is 2.84. The molecule has 0 saturated heterocycles. The Balaban J connectivity index is 2.14. The van der Waals surface area contributed by atoms with Crippen molar-refractivity contribution in [3.05, 3.63) is 30.1 Å². The highest BCUT2D eigenvalue weighted by Gasteiger charge is 2.14. The number of tetrazole rings is 1. The lowest BCUT2D eigenvalue weighted by Gasteiger charge is -2.15. The molecule has 2 aromatic rings. The van der Waals surface area contributed by atoms with Crippen molar-refractivity contribution in [2.24, 2.45) is 0 Å². The van der Waals surface area contributed by atoms with Crippen LogP contribution in [0.1, 0.15) is 19.7 Å². The smallest absolute Gasteiger partial charge is 0.153 e. The molecule has 2 rings (SSSR count). The first-order chi connectivity index (χ1) is 9.91. The molecule has 1 N–H and O–H groups in total. The molecule has 1 aromatic carbocycles. The van der Waals surface area contributed by atoms with Gasteiger partial charge in [-0.25, -0.2) is 8.42 Å². The molecule has 21 heavy (non-hydrogen) atoms. The molecule has 1 aromatic heterocycles. The fourth-order valence-electron chi connectivity index (χ4n) is 2.02. The lowest BCUT2D eigenvalue weighted by molar-refractivity contribution is 0.593. The van der Waals surface area contributed by atoms with E-state index in [4.69, 9.17) is 0 Å². The molecular formula is C13H19N5O2S. The number of sulfone groups is 1. The van der Waals surface area contributed by atoms with Gasteiger partial charge in [-0.05, 0) is 42.5 Å². The van der Waals surface area contributed by atoms with E-state index in [1.54, 1.807) is 11.6 Å². The number of rotatable bonds is 6. The molecule has 1 heterocycles. The van der Waals surface area contributed by atoms with Crippen LogP contribution in [0.15, 0.2) is 24.3 Å². The quantitative estimate of drug-likeness (QED) is 0.862. The van der Waals surface area contributed by atoms with Crippen LogP contribution in [0.3, 0.4) is 0 Å². The van der Waals surface area contributed by atoms with Crippen molar-refractivity contribution < 1.29 is 8.42 Å². The summed E-state index contributed by atoms with van der Waals surface area (Å²) < 4.78 is 24.9. The van der Waals surface area contributed by atoms with Crippen molar-refractivity contribution in [2.75, 3.05) is 16.8 Å². The summed E-state index contributed by atoms with van der Waals surface area (Å²) >= 11 is 0. The fraction of sp³-hybridized carbons (Fsp3) is 0.462. The first kappa shape index (κ1) is 15.4. The van der Waals surface area contributed by atoms with Gasteiger partial charge in [-0.2, -0.15) is 4.68 Å². The van der Waals surface area contributed by atoms with Crippen LogP contribution in [0.4, 0.5) is 5.69 Å². The van der Waals surface area contributed by atoms with Crippen LogP contribution in [0.25, 0.3) is 5.69 Å². The van der Waals surface area contributed by atoms with Gasteiger partial charge in [-0.3, -0.25) is 0 Å². The Kier molecular flexibility index (Phi) is 4.56. The predicted molar refractivity (Wildman–Crippen MR) is 81.3 cm³/mol. The second kappa shape index (κ2) is 6.21. The third kappa shape index (κ3) is 4.01. The highest BCUT2D eigenvalue weighted by Crippen LogP contribution is 2.15. The molecule has 0 aliphatic rings. The zero-order chi connectivity index (χ0) is 15.5. The van der Waals surface area contributed by atoms with Crippen LogP contribution in [-0.2, 0) is 9.84 Å². The van der Waals surface area contributed by atoms with Crippen molar-refractivity contribution in [3.8, 4) is 5.69 Å². The molecule has 0 bridgehead atoms. The molecule has 0 aliphatic heterocycles. The first-order valence-electron chi connectivity index (χ1n) is 6.73. The van der Waals surface area contributed by atoms with E-state index in [1.165, 1.54) is 0 Å². The molecule has 8 heteroatoms. The minimum Gasteiger partial charge on any atom is -0.382 e. The number of hydrogen-bond donors (Lipinski definition) is 1. The number of nitrogens with one attached hydrogen (secondary N) is 1. The Hall–Kier alpha value is -1.96. The van der Waals surface area contributed by atoms with Gasteiger partial charge >= 0.3 is 0 Å². The van der Waals surface area contributed by atoms with E-state index in [2.05, 4.69) is 20.8 Å². The van der Waals surface area contributed by atoms with E-state index in [9.17, 15) is 8.42 Å². The van der Waals surface area contributed by atoms with E-state index < -0.39 is 9.84 Å². The van der Waals surface area contributed by atoms with Gasteiger partial charge in [-0.15, -0.1) is 5.10 Å². The van der Waals surface area contributed by atoms with Gasteiger partial charge in [0.25, 0.3) is 0 Å². The summed E-state index contributed by atoms with van der Waals surface area (Å²) in [4.78, 5) is 0. The SMILES string of the molecule is CCS(=O)(=O)CC(C)Nc1cccc(-n2nnnc2C)c1. The lowest BCUT2D eigenvalue weighted by atomic mass is 10.2. The number of benzene rings is 1. The Morgan fingerprint density at radius 2 is 2.14 bits per heavy atom. The van der Waals surface area contributed by atoms with Gasteiger partial charge in [0.05, 0.1) is 11.4 Å². The molecule has 114 valence electrons. The lowest BCUT2D eigenvalue weighted by Crippen LogP contribution is -2.26. The largest absolute Gasteiger partial charge is 0.382 e. The van der Waals surface area contributed by atoms with Gasteiger partial charge in [0.2, 0.25) is 0 Å². The average molecular weight is 309 g/mol. The second-order valence-corrected chi connectivity index (χ2v) is 7.33. The third-order valence-corrected chi connectivity index (χ3v) is 4.96. The van der Waals surface area contributed by atoms with E-state index in [-0.39, 0.29) is 17.5 Å². The predicted octanol–water partition coefficient (Wildman–Crippen LogP) is 1.21. The number of aryl methyl sites for hydroxylation is 1. The molecule has 0 spiro atoms. The number of anilines is 1. The van der Waals surface area contributed by atoms with Gasteiger partial charge < -0.3 is 5.32 Å². The summed E-state index contributed by atoms with van der Waals surface area (Å²) in [6, 6.07) is 7.37. The first-order valence-corrected chi connectivity index (χ1v) is 8.56. The molecule has 7 nitrogen and oxygen atoms in total. The molecule has 0 fully saturated rings. The van der Waals surface area contributed by atoms with Crippen molar-refractivity contribution in [1.29, 1.82) is 0 Å². The Morgan fingerprint density at radius 1 is 1.38 bits per heavy atom. The Bertz CT molecular complexity index is 711. The highest BCUT2D eigenvalue weighted by atomic mass is 32.2. The molecule has 0 aliphatic carbocycles. The number of aromatic nitrogens is 4. The summed E-state index contributed by atoms with van der Waals surface area (Å²) in [5.74, 6) is 0.953.